The van der Waals surface area contributed by atoms with Crippen molar-refractivity contribution in [3.8, 4) is 0 Å². The van der Waals surface area contributed by atoms with Crippen molar-refractivity contribution in [2.75, 3.05) is 13.1 Å². The Kier molecular flexibility index (Phi) is 17.2. The number of carboxylic acid groups (broad SMARTS) is 1. The number of imidazole rings is 1. The van der Waals surface area contributed by atoms with Crippen LogP contribution >= 0.6 is 0 Å². The van der Waals surface area contributed by atoms with Gasteiger partial charge in [-0.3, -0.25) is 24.2 Å². The second-order valence-electron chi connectivity index (χ2n) is 12.1. The van der Waals surface area contributed by atoms with E-state index in [1.165, 1.54) is 12.5 Å². The monoisotopic (exact) mass is 685 g/mol. The Labute approximate surface area is 285 Å². The number of nitrogens with one attached hydrogen (secondary N) is 5. The number of carbonyl (C=O) groups excluding carboxylic acids is 4. The molecule has 0 spiro atoms. The van der Waals surface area contributed by atoms with Crippen LogP contribution in [0.4, 0.5) is 0 Å². The van der Waals surface area contributed by atoms with Gasteiger partial charge in [0, 0.05) is 31.3 Å². The van der Waals surface area contributed by atoms with E-state index in [0.717, 1.165) is 0 Å². The molecule has 270 valence electrons. The minimum absolute atomic E-state index is 0.0181. The average Bonchev–Trinajstić information content (AvgIpc) is 3.57. The van der Waals surface area contributed by atoms with E-state index < -0.39 is 65.7 Å². The van der Waals surface area contributed by atoms with Crippen LogP contribution in [0.15, 0.2) is 47.8 Å². The first-order valence-corrected chi connectivity index (χ1v) is 16.3. The summed E-state index contributed by atoms with van der Waals surface area (Å²) in [6.07, 6.45) is 5.02. The zero-order chi connectivity index (χ0) is 36.3. The van der Waals surface area contributed by atoms with E-state index >= 15 is 0 Å². The summed E-state index contributed by atoms with van der Waals surface area (Å²) in [7, 11) is 0. The molecule has 0 saturated heterocycles. The number of aromatic nitrogens is 2. The number of hydrogen-bond donors (Lipinski definition) is 10. The van der Waals surface area contributed by atoms with Crippen LogP contribution in [0.3, 0.4) is 0 Å². The molecule has 0 bridgehead atoms. The molecule has 2 aromatic rings. The third-order valence-electron chi connectivity index (χ3n) is 7.64. The molecular formula is C32H51N11O6. The van der Waals surface area contributed by atoms with Crippen LogP contribution in [0.2, 0.25) is 0 Å². The van der Waals surface area contributed by atoms with Gasteiger partial charge in [-0.2, -0.15) is 0 Å². The number of guanidine groups is 1. The normalized spacial score (nSPS) is 14.1. The highest BCUT2D eigenvalue weighted by Crippen LogP contribution is 2.10. The molecule has 49 heavy (non-hydrogen) atoms. The van der Waals surface area contributed by atoms with Crippen LogP contribution in [-0.2, 0) is 36.8 Å². The number of unbranched alkanes of at least 4 members (excludes halogenated alkanes) is 1. The minimum Gasteiger partial charge on any atom is -0.480 e. The maximum Gasteiger partial charge on any atom is 0.326 e. The lowest BCUT2D eigenvalue weighted by atomic mass is 10.0. The number of H-pyrrole nitrogens is 1. The highest BCUT2D eigenvalue weighted by atomic mass is 16.4. The van der Waals surface area contributed by atoms with Crippen molar-refractivity contribution in [3.63, 3.8) is 0 Å². The van der Waals surface area contributed by atoms with Gasteiger partial charge in [-0.25, -0.2) is 9.78 Å². The Hall–Kier alpha value is -5.03. The number of aliphatic carboxylic acids is 1. The summed E-state index contributed by atoms with van der Waals surface area (Å²) in [4.78, 5) is 76.5. The third-order valence-corrected chi connectivity index (χ3v) is 7.64. The van der Waals surface area contributed by atoms with Gasteiger partial charge in [0.2, 0.25) is 23.6 Å². The van der Waals surface area contributed by atoms with Gasteiger partial charge >= 0.3 is 5.97 Å². The van der Waals surface area contributed by atoms with Crippen molar-refractivity contribution >= 4 is 35.6 Å². The summed E-state index contributed by atoms with van der Waals surface area (Å²) in [6, 6.07) is 3.20. The molecule has 1 heterocycles. The van der Waals surface area contributed by atoms with E-state index in [2.05, 4.69) is 36.2 Å². The van der Waals surface area contributed by atoms with Crippen LogP contribution < -0.4 is 44.2 Å². The number of carbonyl (C=O) groups is 5. The molecule has 4 amide bonds. The van der Waals surface area contributed by atoms with Crippen molar-refractivity contribution in [2.24, 2.45) is 33.8 Å². The van der Waals surface area contributed by atoms with Crippen LogP contribution in [-0.4, -0.2) is 93.9 Å². The predicted molar refractivity (Wildman–Crippen MR) is 183 cm³/mol. The summed E-state index contributed by atoms with van der Waals surface area (Å²) in [6.45, 7) is 4.06. The lowest BCUT2D eigenvalue weighted by Crippen LogP contribution is -2.60. The Morgan fingerprint density at radius 1 is 0.837 bits per heavy atom. The Morgan fingerprint density at radius 3 is 2.08 bits per heavy atom. The lowest BCUT2D eigenvalue weighted by molar-refractivity contribution is -0.142. The summed E-state index contributed by atoms with van der Waals surface area (Å²) in [5.41, 5.74) is 23.6. The largest absolute Gasteiger partial charge is 0.480 e. The Balaban J connectivity index is 2.23. The van der Waals surface area contributed by atoms with E-state index in [4.69, 9.17) is 22.9 Å². The molecular weight excluding hydrogens is 634 g/mol. The number of nitrogens with two attached hydrogens (primary N) is 4. The van der Waals surface area contributed by atoms with Crippen molar-refractivity contribution < 1.29 is 29.1 Å². The van der Waals surface area contributed by atoms with Crippen LogP contribution in [0.1, 0.15) is 57.2 Å². The number of benzene rings is 1. The summed E-state index contributed by atoms with van der Waals surface area (Å²) in [5.74, 6) is -4.44. The standard InChI is InChI=1S/C32H51N11O6/c1-19(2)26(43-28(45)23(12-8-14-38-32(35)36)40-27(44)22(34)11-6-7-13-33)30(47)41-24(16-21-17-37-18-39-21)29(46)42-25(31(48)49)15-20-9-4-3-5-10-20/h3-5,9-10,17-19,22-26H,6-8,11-16,33-34H2,1-2H3,(H,37,39)(H,40,44)(H,41,47)(H,42,46)(H,43,45)(H,48,49)(H4,35,36,38)/t22-,23-,24-,25-,26-/m0/s1. The first-order chi connectivity index (χ1) is 23.3. The van der Waals surface area contributed by atoms with Gasteiger partial charge in [-0.1, -0.05) is 50.6 Å². The number of aliphatic imine (C=N–C) groups is 1. The number of aromatic amines is 1. The predicted octanol–water partition coefficient (Wildman–Crippen LogP) is -1.62. The van der Waals surface area contributed by atoms with Gasteiger partial charge < -0.3 is 54.3 Å². The fourth-order valence-electron chi connectivity index (χ4n) is 4.89. The summed E-state index contributed by atoms with van der Waals surface area (Å²) >= 11 is 0. The molecule has 0 radical (unpaired) electrons. The first kappa shape index (κ1) is 40.1. The summed E-state index contributed by atoms with van der Waals surface area (Å²) in [5, 5.41) is 20.4. The van der Waals surface area contributed by atoms with Gasteiger partial charge in [0.15, 0.2) is 5.96 Å². The highest BCUT2D eigenvalue weighted by molar-refractivity contribution is 5.95. The zero-order valence-corrected chi connectivity index (χ0v) is 28.1. The zero-order valence-electron chi connectivity index (χ0n) is 28.1. The molecule has 0 aliphatic rings. The highest BCUT2D eigenvalue weighted by Gasteiger charge is 2.33. The van der Waals surface area contributed by atoms with Crippen molar-refractivity contribution in [2.45, 2.75) is 89.0 Å². The lowest BCUT2D eigenvalue weighted by Gasteiger charge is -2.28. The molecule has 0 saturated carbocycles. The SMILES string of the molecule is CC(C)[C@H](NC(=O)[C@H](CCCN=C(N)N)NC(=O)[C@@H](N)CCCCN)C(=O)N[C@@H](Cc1cnc[nH]1)C(=O)N[C@@H](Cc1ccccc1)C(=O)O. The van der Waals surface area contributed by atoms with Crippen molar-refractivity contribution in [1.82, 2.24) is 31.2 Å². The van der Waals surface area contributed by atoms with Crippen molar-refractivity contribution in [1.29, 1.82) is 0 Å². The molecule has 5 atom stereocenters. The number of amides is 4. The third kappa shape index (κ3) is 14.7. The quantitative estimate of drug-likeness (QED) is 0.0382. The van der Waals surface area contributed by atoms with E-state index in [-0.39, 0.29) is 31.8 Å². The Morgan fingerprint density at radius 2 is 1.49 bits per heavy atom. The van der Waals surface area contributed by atoms with E-state index in [0.29, 0.717) is 43.5 Å². The second-order valence-corrected chi connectivity index (χ2v) is 12.1. The van der Waals surface area contributed by atoms with Gasteiger partial charge in [-0.05, 0) is 43.7 Å². The molecule has 1 aromatic carbocycles. The van der Waals surface area contributed by atoms with Gasteiger partial charge in [0.25, 0.3) is 0 Å². The number of rotatable bonds is 22. The second kappa shape index (κ2) is 21.0. The molecule has 0 aliphatic carbocycles. The molecule has 0 aliphatic heterocycles. The number of hydrogen-bond acceptors (Lipinski definition) is 9. The first-order valence-electron chi connectivity index (χ1n) is 16.3. The van der Waals surface area contributed by atoms with Crippen molar-refractivity contribution in [3.05, 3.63) is 54.1 Å². The molecule has 14 N–H and O–H groups in total. The summed E-state index contributed by atoms with van der Waals surface area (Å²) < 4.78 is 0. The minimum atomic E-state index is -1.28. The topological polar surface area (TPSA) is 299 Å². The molecule has 2 rings (SSSR count). The van der Waals surface area contributed by atoms with Crippen LogP contribution in [0.25, 0.3) is 0 Å². The van der Waals surface area contributed by atoms with E-state index in [9.17, 15) is 29.1 Å². The number of nitrogens with zero attached hydrogens (tertiary/aromatic N) is 2. The van der Waals surface area contributed by atoms with Gasteiger partial charge in [0.1, 0.15) is 24.2 Å². The van der Waals surface area contributed by atoms with Gasteiger partial charge in [0.05, 0.1) is 12.4 Å². The van der Waals surface area contributed by atoms with E-state index in [1.54, 1.807) is 44.2 Å². The smallest absolute Gasteiger partial charge is 0.326 e. The average molecular weight is 686 g/mol. The van der Waals surface area contributed by atoms with Gasteiger partial charge in [-0.15, -0.1) is 0 Å². The molecule has 0 fully saturated rings. The maximum absolute atomic E-state index is 13.7. The molecule has 17 nitrogen and oxygen atoms in total. The van der Waals surface area contributed by atoms with Crippen LogP contribution in [0, 0.1) is 5.92 Å². The van der Waals surface area contributed by atoms with E-state index in [1.807, 2.05) is 0 Å². The molecule has 0 unspecified atom stereocenters. The fraction of sp³-hybridized carbons (Fsp3) is 0.531. The number of carboxylic acids is 1. The fourth-order valence-corrected chi connectivity index (χ4v) is 4.89. The maximum atomic E-state index is 13.7. The molecule has 17 heteroatoms. The van der Waals surface area contributed by atoms with Crippen LogP contribution in [0.5, 0.6) is 0 Å². The Bertz CT molecular complexity index is 1370. The molecule has 1 aromatic heterocycles.